The highest BCUT2D eigenvalue weighted by molar-refractivity contribution is 5.94. The fourth-order valence-electron chi connectivity index (χ4n) is 3.53. The Bertz CT molecular complexity index is 1390. The van der Waals surface area contributed by atoms with Crippen LogP contribution in [0.3, 0.4) is 0 Å². The molecule has 0 fully saturated rings. The van der Waals surface area contributed by atoms with E-state index in [0.29, 0.717) is 33.3 Å². The van der Waals surface area contributed by atoms with E-state index in [4.69, 9.17) is 9.15 Å². The van der Waals surface area contributed by atoms with Gasteiger partial charge in [-0.05, 0) is 49.2 Å². The molecule has 0 aliphatic heterocycles. The van der Waals surface area contributed by atoms with Crippen LogP contribution in [0.25, 0.3) is 21.9 Å². The summed E-state index contributed by atoms with van der Waals surface area (Å²) in [5.74, 6) is 0.344. The minimum atomic E-state index is -0.317. The third kappa shape index (κ3) is 3.92. The highest BCUT2D eigenvalue weighted by Crippen LogP contribution is 2.26. The standard InChI is InChI=1S/C25H22N2O4/c1-15-11-12-20-23(29)19-9-6-8-17(25(19)31-24(20)16(15)2)13-22(28)27-26-14-18-7-4-5-10-21(18)30-3/h4-12,14H,13H2,1-3H3,(H,27,28)/b26-14+. The predicted molar refractivity (Wildman–Crippen MR) is 122 cm³/mol. The number of hydrogen-bond donors (Lipinski definition) is 1. The first-order valence-corrected chi connectivity index (χ1v) is 9.89. The Labute approximate surface area is 179 Å². The van der Waals surface area contributed by atoms with Crippen molar-refractivity contribution in [2.24, 2.45) is 5.10 Å². The molecule has 0 saturated heterocycles. The van der Waals surface area contributed by atoms with E-state index in [1.807, 2.05) is 44.2 Å². The maximum atomic E-state index is 13.0. The SMILES string of the molecule is COc1ccccc1/C=N/NC(=O)Cc1cccc2c(=O)c3ccc(C)c(C)c3oc12. The number of rotatable bonds is 5. The van der Waals surface area contributed by atoms with Crippen molar-refractivity contribution in [3.8, 4) is 5.75 Å². The molecule has 6 nitrogen and oxygen atoms in total. The van der Waals surface area contributed by atoms with Crippen LogP contribution in [-0.4, -0.2) is 19.2 Å². The van der Waals surface area contributed by atoms with E-state index < -0.39 is 0 Å². The maximum Gasteiger partial charge on any atom is 0.244 e. The molecule has 0 aliphatic rings. The lowest BCUT2D eigenvalue weighted by molar-refractivity contribution is -0.120. The second-order valence-corrected chi connectivity index (χ2v) is 7.32. The number of ether oxygens (including phenoxy) is 1. The first-order chi connectivity index (χ1) is 15.0. The number of para-hydroxylation sites is 2. The molecule has 156 valence electrons. The first-order valence-electron chi connectivity index (χ1n) is 9.89. The fourth-order valence-corrected chi connectivity index (χ4v) is 3.53. The number of amides is 1. The quantitative estimate of drug-likeness (QED) is 0.301. The van der Waals surface area contributed by atoms with Crippen molar-refractivity contribution in [1.29, 1.82) is 0 Å². The van der Waals surface area contributed by atoms with Crippen LogP contribution in [0, 0.1) is 13.8 Å². The van der Waals surface area contributed by atoms with E-state index in [-0.39, 0.29) is 17.8 Å². The lowest BCUT2D eigenvalue weighted by Crippen LogP contribution is -2.20. The van der Waals surface area contributed by atoms with Gasteiger partial charge in [-0.25, -0.2) is 5.43 Å². The highest BCUT2D eigenvalue weighted by atomic mass is 16.5. The number of hydrogen-bond acceptors (Lipinski definition) is 5. The first kappa shape index (κ1) is 20.3. The van der Waals surface area contributed by atoms with Gasteiger partial charge < -0.3 is 9.15 Å². The largest absolute Gasteiger partial charge is 0.496 e. The Morgan fingerprint density at radius 1 is 1.03 bits per heavy atom. The van der Waals surface area contributed by atoms with Crippen LogP contribution in [-0.2, 0) is 11.2 Å². The summed E-state index contributed by atoms with van der Waals surface area (Å²) in [6.45, 7) is 3.90. The van der Waals surface area contributed by atoms with Crippen molar-refractivity contribution in [2.45, 2.75) is 20.3 Å². The van der Waals surface area contributed by atoms with E-state index in [1.165, 1.54) is 6.21 Å². The van der Waals surface area contributed by atoms with Gasteiger partial charge >= 0.3 is 0 Å². The van der Waals surface area contributed by atoms with Gasteiger partial charge in [0.1, 0.15) is 16.9 Å². The van der Waals surface area contributed by atoms with Gasteiger partial charge in [0.2, 0.25) is 11.3 Å². The van der Waals surface area contributed by atoms with E-state index >= 15 is 0 Å². The Balaban J connectivity index is 1.64. The number of benzene rings is 3. The average molecular weight is 414 g/mol. The summed E-state index contributed by atoms with van der Waals surface area (Å²) in [6.07, 6.45) is 1.56. The molecule has 1 amide bonds. The molecule has 0 bridgehead atoms. The predicted octanol–water partition coefficient (Wildman–Crippen LogP) is 4.26. The van der Waals surface area contributed by atoms with Crippen molar-refractivity contribution in [2.75, 3.05) is 7.11 Å². The number of aryl methyl sites for hydroxylation is 2. The van der Waals surface area contributed by atoms with E-state index in [0.717, 1.165) is 16.7 Å². The molecular weight excluding hydrogens is 392 g/mol. The number of nitrogens with one attached hydrogen (secondary N) is 1. The zero-order chi connectivity index (χ0) is 22.0. The van der Waals surface area contributed by atoms with Gasteiger partial charge in [-0.1, -0.05) is 30.3 Å². The molecule has 31 heavy (non-hydrogen) atoms. The molecule has 0 radical (unpaired) electrons. The molecule has 0 aliphatic carbocycles. The van der Waals surface area contributed by atoms with Gasteiger partial charge in [0.05, 0.1) is 30.5 Å². The number of hydrazone groups is 1. The minimum absolute atomic E-state index is 0.0277. The zero-order valence-electron chi connectivity index (χ0n) is 17.6. The minimum Gasteiger partial charge on any atom is -0.496 e. The summed E-state index contributed by atoms with van der Waals surface area (Å²) in [4.78, 5) is 25.5. The van der Waals surface area contributed by atoms with Crippen LogP contribution in [0.5, 0.6) is 5.75 Å². The summed E-state index contributed by atoms with van der Waals surface area (Å²) in [6, 6.07) is 16.3. The van der Waals surface area contributed by atoms with E-state index in [9.17, 15) is 9.59 Å². The highest BCUT2D eigenvalue weighted by Gasteiger charge is 2.15. The monoisotopic (exact) mass is 414 g/mol. The van der Waals surface area contributed by atoms with Crippen LogP contribution in [0.2, 0.25) is 0 Å². The van der Waals surface area contributed by atoms with Crippen LogP contribution >= 0.6 is 0 Å². The van der Waals surface area contributed by atoms with Crippen molar-refractivity contribution in [1.82, 2.24) is 5.43 Å². The summed E-state index contributed by atoms with van der Waals surface area (Å²) < 4.78 is 11.4. The van der Waals surface area contributed by atoms with Crippen LogP contribution in [0.15, 0.2) is 68.9 Å². The Morgan fingerprint density at radius 3 is 2.61 bits per heavy atom. The number of fused-ring (bicyclic) bond motifs is 2. The van der Waals surface area contributed by atoms with Gasteiger partial charge in [-0.15, -0.1) is 0 Å². The van der Waals surface area contributed by atoms with E-state index in [2.05, 4.69) is 10.5 Å². The molecule has 3 aromatic carbocycles. The molecule has 1 heterocycles. The molecule has 1 N–H and O–H groups in total. The molecule has 6 heteroatoms. The molecule has 0 saturated carbocycles. The van der Waals surface area contributed by atoms with Crippen molar-refractivity contribution in [3.63, 3.8) is 0 Å². The maximum absolute atomic E-state index is 13.0. The number of carbonyl (C=O) groups is 1. The summed E-state index contributed by atoms with van der Waals surface area (Å²) in [5.41, 5.74) is 6.73. The molecule has 4 aromatic rings. The van der Waals surface area contributed by atoms with Gasteiger partial charge in [-0.3, -0.25) is 9.59 Å². The van der Waals surface area contributed by atoms with Crippen LogP contribution in [0.4, 0.5) is 0 Å². The number of methoxy groups -OCH3 is 1. The van der Waals surface area contributed by atoms with Crippen molar-refractivity contribution >= 4 is 34.1 Å². The normalized spacial score (nSPS) is 11.3. The lowest BCUT2D eigenvalue weighted by Gasteiger charge is -2.09. The van der Waals surface area contributed by atoms with Crippen LogP contribution < -0.4 is 15.6 Å². The molecule has 0 unspecified atom stereocenters. The van der Waals surface area contributed by atoms with Gasteiger partial charge in [0, 0.05) is 11.1 Å². The zero-order valence-corrected chi connectivity index (χ0v) is 17.6. The van der Waals surface area contributed by atoms with Gasteiger partial charge in [-0.2, -0.15) is 5.10 Å². The summed E-state index contributed by atoms with van der Waals surface area (Å²) in [5, 5.41) is 5.02. The lowest BCUT2D eigenvalue weighted by atomic mass is 10.0. The van der Waals surface area contributed by atoms with Gasteiger partial charge in [0.25, 0.3) is 0 Å². The fraction of sp³-hybridized carbons (Fsp3) is 0.160. The molecule has 4 rings (SSSR count). The Kier molecular flexibility index (Phi) is 5.54. The number of carbonyl (C=O) groups excluding carboxylic acids is 1. The van der Waals surface area contributed by atoms with Gasteiger partial charge in [0.15, 0.2) is 0 Å². The molecule has 0 spiro atoms. The Hall–Kier alpha value is -3.93. The molecular formula is C25H22N2O4. The summed E-state index contributed by atoms with van der Waals surface area (Å²) >= 11 is 0. The second-order valence-electron chi connectivity index (χ2n) is 7.32. The second kappa shape index (κ2) is 8.44. The third-order valence-electron chi connectivity index (χ3n) is 5.35. The molecule has 0 atom stereocenters. The Morgan fingerprint density at radius 2 is 1.81 bits per heavy atom. The van der Waals surface area contributed by atoms with Crippen LogP contribution in [0.1, 0.15) is 22.3 Å². The summed E-state index contributed by atoms with van der Waals surface area (Å²) in [7, 11) is 1.58. The van der Waals surface area contributed by atoms with Crippen molar-refractivity contribution < 1.29 is 13.9 Å². The molecule has 1 aromatic heterocycles. The van der Waals surface area contributed by atoms with E-state index in [1.54, 1.807) is 31.4 Å². The third-order valence-corrected chi connectivity index (χ3v) is 5.35. The number of nitrogens with zero attached hydrogens (tertiary/aromatic N) is 1. The topological polar surface area (TPSA) is 80.9 Å². The van der Waals surface area contributed by atoms with Crippen molar-refractivity contribution in [3.05, 3.63) is 87.1 Å². The average Bonchev–Trinajstić information content (AvgIpc) is 2.77. The smallest absolute Gasteiger partial charge is 0.244 e.